The molecule has 1 aromatic rings. The Balaban J connectivity index is 1.76. The Kier molecular flexibility index (Phi) is 6.51. The number of carbonyl (C=O) groups excluding carboxylic acids is 1. The average molecular weight is 356 g/mol. The zero-order chi connectivity index (χ0) is 15.1. The van der Waals surface area contributed by atoms with E-state index in [0.29, 0.717) is 19.1 Å². The number of nitrogens with zero attached hydrogens (tertiary/aromatic N) is 1. The van der Waals surface area contributed by atoms with Crippen molar-refractivity contribution in [3.63, 3.8) is 0 Å². The third kappa shape index (κ3) is 5.00. The molecular formula is C16H22BrNO3. The van der Waals surface area contributed by atoms with Crippen molar-refractivity contribution < 1.29 is 14.6 Å². The minimum Gasteiger partial charge on any atom is -0.493 e. The van der Waals surface area contributed by atoms with Crippen LogP contribution in [0, 0.1) is 0 Å². The molecule has 21 heavy (non-hydrogen) atoms. The van der Waals surface area contributed by atoms with Crippen LogP contribution in [-0.4, -0.2) is 41.7 Å². The summed E-state index contributed by atoms with van der Waals surface area (Å²) >= 11 is 3.39. The van der Waals surface area contributed by atoms with Crippen LogP contribution in [0.3, 0.4) is 0 Å². The monoisotopic (exact) mass is 355 g/mol. The van der Waals surface area contributed by atoms with Crippen molar-refractivity contribution in [1.29, 1.82) is 0 Å². The lowest BCUT2D eigenvalue weighted by atomic mass is 10.1. The standard InChI is InChI=1S/C16H22BrNO3/c17-13-4-1-7-15(12-13)21-11-8-16(20)18-9-2-5-14(18)6-3-10-19/h1,4,7,12,14,19H,2-3,5-6,8-11H2. The Morgan fingerprint density at radius 2 is 2.33 bits per heavy atom. The molecule has 1 saturated heterocycles. The van der Waals surface area contributed by atoms with E-state index in [2.05, 4.69) is 15.9 Å². The van der Waals surface area contributed by atoms with Crippen LogP contribution in [0.5, 0.6) is 5.75 Å². The summed E-state index contributed by atoms with van der Waals surface area (Å²) in [5.41, 5.74) is 0. The van der Waals surface area contributed by atoms with Crippen LogP contribution in [0.4, 0.5) is 0 Å². The number of hydrogen-bond donors (Lipinski definition) is 1. The summed E-state index contributed by atoms with van der Waals surface area (Å²) in [5, 5.41) is 8.91. The summed E-state index contributed by atoms with van der Waals surface area (Å²) in [6, 6.07) is 7.93. The Morgan fingerprint density at radius 3 is 3.10 bits per heavy atom. The van der Waals surface area contributed by atoms with Gasteiger partial charge in [0.1, 0.15) is 5.75 Å². The van der Waals surface area contributed by atoms with E-state index in [1.54, 1.807) is 0 Å². The summed E-state index contributed by atoms with van der Waals surface area (Å²) in [6.07, 6.45) is 4.19. The van der Waals surface area contributed by atoms with E-state index >= 15 is 0 Å². The van der Waals surface area contributed by atoms with Gasteiger partial charge in [-0.05, 0) is 43.9 Å². The average Bonchev–Trinajstić information content (AvgIpc) is 2.93. The zero-order valence-corrected chi connectivity index (χ0v) is 13.7. The molecule has 0 saturated carbocycles. The number of aliphatic hydroxyl groups excluding tert-OH is 1. The fourth-order valence-electron chi connectivity index (χ4n) is 2.75. The van der Waals surface area contributed by atoms with Crippen LogP contribution in [0.15, 0.2) is 28.7 Å². The first-order valence-electron chi connectivity index (χ1n) is 7.49. The minimum absolute atomic E-state index is 0.158. The zero-order valence-electron chi connectivity index (χ0n) is 12.1. The van der Waals surface area contributed by atoms with Crippen LogP contribution in [0.2, 0.25) is 0 Å². The highest BCUT2D eigenvalue weighted by Crippen LogP contribution is 2.22. The van der Waals surface area contributed by atoms with Crippen molar-refractivity contribution in [2.45, 2.75) is 38.1 Å². The maximum atomic E-state index is 12.3. The van der Waals surface area contributed by atoms with Gasteiger partial charge in [0.05, 0.1) is 13.0 Å². The Labute approximate surface area is 134 Å². The fraction of sp³-hybridized carbons (Fsp3) is 0.562. The molecule has 0 aliphatic carbocycles. The van der Waals surface area contributed by atoms with Crippen molar-refractivity contribution in [2.75, 3.05) is 19.8 Å². The number of hydrogen-bond acceptors (Lipinski definition) is 3. The van der Waals surface area contributed by atoms with Crippen molar-refractivity contribution in [1.82, 2.24) is 4.90 Å². The molecule has 1 heterocycles. The van der Waals surface area contributed by atoms with Crippen molar-refractivity contribution in [3.05, 3.63) is 28.7 Å². The predicted molar refractivity (Wildman–Crippen MR) is 85.3 cm³/mol. The lowest BCUT2D eigenvalue weighted by molar-refractivity contribution is -0.132. The van der Waals surface area contributed by atoms with E-state index in [9.17, 15) is 4.79 Å². The first-order chi connectivity index (χ1) is 10.2. The smallest absolute Gasteiger partial charge is 0.226 e. The van der Waals surface area contributed by atoms with Gasteiger partial charge < -0.3 is 14.7 Å². The molecular weight excluding hydrogens is 334 g/mol. The number of halogens is 1. The minimum atomic E-state index is 0.158. The van der Waals surface area contributed by atoms with Gasteiger partial charge in [-0.25, -0.2) is 0 Å². The van der Waals surface area contributed by atoms with Crippen molar-refractivity contribution >= 4 is 21.8 Å². The van der Waals surface area contributed by atoms with Gasteiger partial charge in [0.15, 0.2) is 0 Å². The van der Waals surface area contributed by atoms with Crippen LogP contribution in [0.25, 0.3) is 0 Å². The van der Waals surface area contributed by atoms with E-state index in [4.69, 9.17) is 9.84 Å². The van der Waals surface area contributed by atoms with Gasteiger partial charge in [-0.1, -0.05) is 22.0 Å². The Hall–Kier alpha value is -1.07. The van der Waals surface area contributed by atoms with Crippen LogP contribution in [0.1, 0.15) is 32.1 Å². The van der Waals surface area contributed by atoms with Gasteiger partial charge in [-0.15, -0.1) is 0 Å². The molecule has 5 heteroatoms. The highest BCUT2D eigenvalue weighted by atomic mass is 79.9. The lowest BCUT2D eigenvalue weighted by Crippen LogP contribution is -2.36. The molecule has 1 aromatic carbocycles. The van der Waals surface area contributed by atoms with E-state index in [1.807, 2.05) is 29.2 Å². The third-order valence-electron chi connectivity index (χ3n) is 3.77. The highest BCUT2D eigenvalue weighted by Gasteiger charge is 2.27. The largest absolute Gasteiger partial charge is 0.493 e. The number of amides is 1. The van der Waals surface area contributed by atoms with Gasteiger partial charge in [0, 0.05) is 23.7 Å². The summed E-state index contributed by atoms with van der Waals surface area (Å²) in [5.74, 6) is 0.931. The van der Waals surface area contributed by atoms with Crippen molar-refractivity contribution in [3.8, 4) is 5.75 Å². The lowest BCUT2D eigenvalue weighted by Gasteiger charge is -2.24. The second-order valence-corrected chi connectivity index (χ2v) is 6.22. The molecule has 0 radical (unpaired) electrons. The number of aliphatic hydroxyl groups is 1. The molecule has 1 aliphatic rings. The molecule has 0 aromatic heterocycles. The highest BCUT2D eigenvalue weighted by molar-refractivity contribution is 9.10. The first kappa shape index (κ1) is 16.3. The fourth-order valence-corrected chi connectivity index (χ4v) is 3.13. The third-order valence-corrected chi connectivity index (χ3v) is 4.27. The van der Waals surface area contributed by atoms with E-state index in [-0.39, 0.29) is 12.5 Å². The van der Waals surface area contributed by atoms with E-state index in [1.165, 1.54) is 0 Å². The second kappa shape index (κ2) is 8.39. The molecule has 2 rings (SSSR count). The normalized spacial score (nSPS) is 18.0. The van der Waals surface area contributed by atoms with E-state index in [0.717, 1.165) is 42.5 Å². The number of benzene rings is 1. The molecule has 1 unspecified atom stereocenters. The molecule has 1 fully saturated rings. The van der Waals surface area contributed by atoms with Crippen LogP contribution >= 0.6 is 15.9 Å². The SMILES string of the molecule is O=C(CCOc1cccc(Br)c1)N1CCCC1CCCO. The molecule has 1 aliphatic heterocycles. The molecule has 0 bridgehead atoms. The molecule has 4 nitrogen and oxygen atoms in total. The Bertz CT molecular complexity index is 467. The molecule has 0 spiro atoms. The number of rotatable bonds is 7. The number of carbonyl (C=O) groups is 1. The first-order valence-corrected chi connectivity index (χ1v) is 8.28. The van der Waals surface area contributed by atoms with Crippen molar-refractivity contribution in [2.24, 2.45) is 0 Å². The van der Waals surface area contributed by atoms with Gasteiger partial charge in [-0.3, -0.25) is 4.79 Å². The molecule has 1 N–H and O–H groups in total. The second-order valence-electron chi connectivity index (χ2n) is 5.30. The van der Waals surface area contributed by atoms with Gasteiger partial charge in [0.25, 0.3) is 0 Å². The molecule has 116 valence electrons. The maximum absolute atomic E-state index is 12.3. The van der Waals surface area contributed by atoms with Crippen LogP contribution < -0.4 is 4.74 Å². The number of likely N-dealkylation sites (tertiary alicyclic amines) is 1. The Morgan fingerprint density at radius 1 is 1.48 bits per heavy atom. The summed E-state index contributed by atoms with van der Waals surface area (Å²) in [4.78, 5) is 14.2. The quantitative estimate of drug-likeness (QED) is 0.817. The summed E-state index contributed by atoms with van der Waals surface area (Å²) in [6.45, 7) is 1.44. The topological polar surface area (TPSA) is 49.8 Å². The number of ether oxygens (including phenoxy) is 1. The van der Waals surface area contributed by atoms with Crippen LogP contribution in [-0.2, 0) is 4.79 Å². The van der Waals surface area contributed by atoms with Gasteiger partial charge >= 0.3 is 0 Å². The summed E-state index contributed by atoms with van der Waals surface area (Å²) < 4.78 is 6.58. The van der Waals surface area contributed by atoms with Gasteiger partial charge in [-0.2, -0.15) is 0 Å². The molecule has 1 amide bonds. The summed E-state index contributed by atoms with van der Waals surface area (Å²) in [7, 11) is 0. The maximum Gasteiger partial charge on any atom is 0.226 e. The van der Waals surface area contributed by atoms with Gasteiger partial charge in [0.2, 0.25) is 5.91 Å². The molecule has 1 atom stereocenters. The van der Waals surface area contributed by atoms with E-state index < -0.39 is 0 Å². The predicted octanol–water partition coefficient (Wildman–Crippen LogP) is 2.98.